The zero-order valence-corrected chi connectivity index (χ0v) is 10.7. The molecule has 1 aromatic heterocycles. The Balaban J connectivity index is 1.95. The van der Waals surface area contributed by atoms with Crippen molar-refractivity contribution in [1.29, 1.82) is 0 Å². The Morgan fingerprint density at radius 2 is 2.33 bits per heavy atom. The summed E-state index contributed by atoms with van der Waals surface area (Å²) in [6, 6.07) is 0. The molecular weight excluding hydrogens is 236 g/mol. The third kappa shape index (κ3) is 2.87. The van der Waals surface area contributed by atoms with Gasteiger partial charge >= 0.3 is 5.97 Å². The molecule has 1 aliphatic rings. The van der Waals surface area contributed by atoms with Crippen molar-refractivity contribution in [2.75, 3.05) is 6.61 Å². The number of aliphatic carboxylic acids is 1. The molecule has 1 saturated carbocycles. The number of carboxylic acids is 1. The van der Waals surface area contributed by atoms with Crippen LogP contribution in [0, 0.1) is 5.41 Å². The summed E-state index contributed by atoms with van der Waals surface area (Å²) in [7, 11) is 0. The van der Waals surface area contributed by atoms with E-state index in [0.717, 1.165) is 12.8 Å². The second-order valence-corrected chi connectivity index (χ2v) is 5.35. The fourth-order valence-corrected chi connectivity index (χ4v) is 2.48. The molecule has 0 saturated heterocycles. The van der Waals surface area contributed by atoms with Gasteiger partial charge in [0.25, 0.3) is 0 Å². The molecule has 0 bridgehead atoms. The highest BCUT2D eigenvalue weighted by atomic mass is 16.5. The summed E-state index contributed by atoms with van der Waals surface area (Å²) in [5.74, 6) is 0.269. The van der Waals surface area contributed by atoms with Crippen molar-refractivity contribution in [2.45, 2.75) is 45.6 Å². The lowest BCUT2D eigenvalue weighted by molar-refractivity contribution is -0.142. The van der Waals surface area contributed by atoms with Crippen molar-refractivity contribution in [3.05, 3.63) is 11.8 Å². The minimum absolute atomic E-state index is 0.0481. The maximum atomic E-state index is 10.3. The van der Waals surface area contributed by atoms with E-state index in [-0.39, 0.29) is 18.6 Å². The summed E-state index contributed by atoms with van der Waals surface area (Å²) in [6.45, 7) is 4.10. The number of aromatic nitrogens is 2. The van der Waals surface area contributed by atoms with Gasteiger partial charge in [-0.25, -0.2) is 4.79 Å². The molecule has 6 heteroatoms. The van der Waals surface area contributed by atoms with Crippen LogP contribution in [0.15, 0.2) is 4.42 Å². The standard InChI is InChI=1S/C12H18N2O4/c1-12(2)5-3-4-8(12)11-14-13-9(18-11)6-17-7-10(15)16/h8H,3-7H2,1-2H3,(H,15,16). The van der Waals surface area contributed by atoms with Crippen molar-refractivity contribution in [2.24, 2.45) is 5.41 Å². The molecule has 100 valence electrons. The fourth-order valence-electron chi connectivity index (χ4n) is 2.48. The van der Waals surface area contributed by atoms with Gasteiger partial charge in [-0.2, -0.15) is 0 Å². The van der Waals surface area contributed by atoms with E-state index < -0.39 is 5.97 Å². The average Bonchev–Trinajstić information content (AvgIpc) is 2.83. The van der Waals surface area contributed by atoms with Crippen molar-refractivity contribution in [3.8, 4) is 0 Å². The Kier molecular flexibility index (Phi) is 3.65. The van der Waals surface area contributed by atoms with Crippen LogP contribution < -0.4 is 0 Å². The van der Waals surface area contributed by atoms with Crippen LogP contribution in [0.4, 0.5) is 0 Å². The Bertz CT molecular complexity index is 427. The summed E-state index contributed by atoms with van der Waals surface area (Å²) in [4.78, 5) is 10.3. The van der Waals surface area contributed by atoms with Gasteiger partial charge in [0, 0.05) is 5.92 Å². The first-order valence-electron chi connectivity index (χ1n) is 6.11. The highest BCUT2D eigenvalue weighted by Crippen LogP contribution is 2.48. The van der Waals surface area contributed by atoms with Gasteiger partial charge in [0.1, 0.15) is 13.2 Å². The van der Waals surface area contributed by atoms with Crippen molar-refractivity contribution in [3.63, 3.8) is 0 Å². The van der Waals surface area contributed by atoms with E-state index >= 15 is 0 Å². The van der Waals surface area contributed by atoms with E-state index in [0.29, 0.717) is 17.7 Å². The van der Waals surface area contributed by atoms with E-state index in [1.807, 2.05) is 0 Å². The van der Waals surface area contributed by atoms with Gasteiger partial charge in [0.15, 0.2) is 0 Å². The van der Waals surface area contributed by atoms with E-state index in [2.05, 4.69) is 24.0 Å². The predicted octanol–water partition coefficient (Wildman–Crippen LogP) is 1.96. The summed E-state index contributed by atoms with van der Waals surface area (Å²) in [5, 5.41) is 16.4. The molecule has 2 rings (SSSR count). The van der Waals surface area contributed by atoms with Gasteiger partial charge in [-0.05, 0) is 18.3 Å². The molecule has 1 N–H and O–H groups in total. The Morgan fingerprint density at radius 3 is 2.94 bits per heavy atom. The number of carbonyl (C=O) groups is 1. The van der Waals surface area contributed by atoms with E-state index in [1.165, 1.54) is 6.42 Å². The zero-order valence-electron chi connectivity index (χ0n) is 10.7. The Hall–Kier alpha value is -1.43. The lowest BCUT2D eigenvalue weighted by Gasteiger charge is -2.23. The van der Waals surface area contributed by atoms with Crippen LogP contribution >= 0.6 is 0 Å². The van der Waals surface area contributed by atoms with Crippen LogP contribution in [0.1, 0.15) is 50.8 Å². The molecule has 0 radical (unpaired) electrons. The van der Waals surface area contributed by atoms with Crippen LogP contribution in [0.3, 0.4) is 0 Å². The molecule has 1 fully saturated rings. The summed E-state index contributed by atoms with van der Waals surface area (Å²) in [5.41, 5.74) is 0.186. The monoisotopic (exact) mass is 254 g/mol. The third-order valence-corrected chi connectivity index (χ3v) is 3.49. The van der Waals surface area contributed by atoms with Crippen LogP contribution in [-0.4, -0.2) is 27.9 Å². The normalized spacial score (nSPS) is 22.2. The fraction of sp³-hybridized carbons (Fsp3) is 0.750. The first-order valence-corrected chi connectivity index (χ1v) is 6.11. The molecule has 0 amide bonds. The Morgan fingerprint density at radius 1 is 1.56 bits per heavy atom. The quantitative estimate of drug-likeness (QED) is 0.864. The van der Waals surface area contributed by atoms with Gasteiger partial charge in [0.05, 0.1) is 0 Å². The van der Waals surface area contributed by atoms with Gasteiger partial charge in [-0.15, -0.1) is 10.2 Å². The molecule has 18 heavy (non-hydrogen) atoms. The van der Waals surface area contributed by atoms with Crippen molar-refractivity contribution < 1.29 is 19.1 Å². The van der Waals surface area contributed by atoms with Crippen molar-refractivity contribution in [1.82, 2.24) is 10.2 Å². The first-order chi connectivity index (χ1) is 8.49. The second kappa shape index (κ2) is 5.06. The van der Waals surface area contributed by atoms with E-state index in [1.54, 1.807) is 0 Å². The molecule has 0 aliphatic heterocycles. The van der Waals surface area contributed by atoms with Crippen LogP contribution in [0.5, 0.6) is 0 Å². The van der Waals surface area contributed by atoms with Gasteiger partial charge in [0.2, 0.25) is 11.8 Å². The van der Waals surface area contributed by atoms with E-state index in [4.69, 9.17) is 14.3 Å². The summed E-state index contributed by atoms with van der Waals surface area (Å²) < 4.78 is 10.5. The highest BCUT2D eigenvalue weighted by Gasteiger charge is 2.38. The molecule has 0 spiro atoms. The number of ether oxygens (including phenoxy) is 1. The first kappa shape index (κ1) is 13.0. The van der Waals surface area contributed by atoms with Crippen LogP contribution in [-0.2, 0) is 16.1 Å². The van der Waals surface area contributed by atoms with E-state index in [9.17, 15) is 4.79 Å². The molecule has 1 atom stereocenters. The minimum Gasteiger partial charge on any atom is -0.480 e. The number of rotatable bonds is 5. The summed E-state index contributed by atoms with van der Waals surface area (Å²) >= 11 is 0. The average molecular weight is 254 g/mol. The molecule has 1 unspecified atom stereocenters. The van der Waals surface area contributed by atoms with Gasteiger partial charge < -0.3 is 14.3 Å². The molecule has 1 heterocycles. The van der Waals surface area contributed by atoms with Gasteiger partial charge in [-0.3, -0.25) is 0 Å². The maximum absolute atomic E-state index is 10.3. The second-order valence-electron chi connectivity index (χ2n) is 5.35. The smallest absolute Gasteiger partial charge is 0.329 e. The largest absolute Gasteiger partial charge is 0.480 e. The molecular formula is C12H18N2O4. The number of hydrogen-bond acceptors (Lipinski definition) is 5. The summed E-state index contributed by atoms with van der Waals surface area (Å²) in [6.07, 6.45) is 3.39. The SMILES string of the molecule is CC1(C)CCCC1c1nnc(COCC(=O)O)o1. The maximum Gasteiger partial charge on any atom is 0.329 e. The topological polar surface area (TPSA) is 85.5 Å². The van der Waals surface area contributed by atoms with Crippen molar-refractivity contribution >= 4 is 5.97 Å². The lowest BCUT2D eigenvalue weighted by Crippen LogP contribution is -2.15. The Labute approximate surface area is 105 Å². The van der Waals surface area contributed by atoms with Gasteiger partial charge in [-0.1, -0.05) is 20.3 Å². The highest BCUT2D eigenvalue weighted by molar-refractivity contribution is 5.67. The number of carboxylic acid groups (broad SMARTS) is 1. The van der Waals surface area contributed by atoms with Crippen LogP contribution in [0.2, 0.25) is 0 Å². The van der Waals surface area contributed by atoms with Crippen LogP contribution in [0.25, 0.3) is 0 Å². The molecule has 6 nitrogen and oxygen atoms in total. The number of nitrogens with zero attached hydrogens (tertiary/aromatic N) is 2. The molecule has 0 aromatic carbocycles. The number of hydrogen-bond donors (Lipinski definition) is 1. The third-order valence-electron chi connectivity index (χ3n) is 3.49. The molecule has 1 aromatic rings. The minimum atomic E-state index is -1.01. The lowest BCUT2D eigenvalue weighted by atomic mass is 9.82. The molecule has 1 aliphatic carbocycles. The predicted molar refractivity (Wildman–Crippen MR) is 62.0 cm³/mol. The zero-order chi connectivity index (χ0) is 13.2.